The van der Waals surface area contributed by atoms with Gasteiger partial charge in [-0.05, 0) is 31.0 Å². The third-order valence-electron chi connectivity index (χ3n) is 6.06. The van der Waals surface area contributed by atoms with Crippen LogP contribution in [0.1, 0.15) is 18.5 Å². The van der Waals surface area contributed by atoms with Gasteiger partial charge < -0.3 is 20.1 Å². The number of nitrogen functional groups attached to an aromatic ring is 1. The topological polar surface area (TPSA) is 80.3 Å². The largest absolute Gasteiger partial charge is 0.396 e. The summed E-state index contributed by atoms with van der Waals surface area (Å²) in [4.78, 5) is 25.9. The molecule has 150 valence electrons. The van der Waals surface area contributed by atoms with Crippen molar-refractivity contribution in [3.05, 3.63) is 47.6 Å². The summed E-state index contributed by atoms with van der Waals surface area (Å²) in [5.41, 5.74) is 9.89. The summed E-state index contributed by atoms with van der Waals surface area (Å²) in [5, 5.41) is 1.63. The number of piperidine rings is 1. The third-order valence-corrected chi connectivity index (χ3v) is 6.30. The molecular weight excluding hydrogens is 388 g/mol. The van der Waals surface area contributed by atoms with Crippen LogP contribution in [0.15, 0.2) is 36.9 Å². The molecule has 2 aliphatic rings. The van der Waals surface area contributed by atoms with Crippen LogP contribution in [0.25, 0.3) is 10.9 Å². The molecule has 3 aromatic rings. The SMILES string of the molecule is Nc1cnc2ccc(Cl)cc2c1N1CCC(C(=O)N2CCn3cncc3C2)CC1. The maximum atomic E-state index is 13.1. The van der Waals surface area contributed by atoms with Crippen LogP contribution >= 0.6 is 11.6 Å². The van der Waals surface area contributed by atoms with E-state index in [1.165, 1.54) is 0 Å². The molecule has 5 rings (SSSR count). The Morgan fingerprint density at radius 1 is 1.14 bits per heavy atom. The van der Waals surface area contributed by atoms with Gasteiger partial charge in [-0.15, -0.1) is 0 Å². The van der Waals surface area contributed by atoms with E-state index in [-0.39, 0.29) is 11.8 Å². The number of hydrogen-bond donors (Lipinski definition) is 1. The Morgan fingerprint density at radius 3 is 2.79 bits per heavy atom. The Balaban J connectivity index is 1.31. The van der Waals surface area contributed by atoms with Crippen LogP contribution in [0.3, 0.4) is 0 Å². The van der Waals surface area contributed by atoms with Crippen molar-refractivity contribution in [2.45, 2.75) is 25.9 Å². The van der Waals surface area contributed by atoms with Gasteiger partial charge in [-0.2, -0.15) is 0 Å². The highest BCUT2D eigenvalue weighted by atomic mass is 35.5. The molecule has 7 nitrogen and oxygen atoms in total. The zero-order chi connectivity index (χ0) is 20.0. The van der Waals surface area contributed by atoms with Crippen molar-refractivity contribution in [1.29, 1.82) is 0 Å². The third kappa shape index (κ3) is 3.29. The molecule has 2 N–H and O–H groups in total. The van der Waals surface area contributed by atoms with E-state index >= 15 is 0 Å². The summed E-state index contributed by atoms with van der Waals surface area (Å²) in [6, 6.07) is 5.67. The molecular formula is C21H23ClN6O. The second-order valence-corrected chi connectivity index (χ2v) is 8.26. The van der Waals surface area contributed by atoms with E-state index in [0.717, 1.165) is 61.3 Å². The Kier molecular flexibility index (Phi) is 4.54. The zero-order valence-corrected chi connectivity index (χ0v) is 16.8. The second-order valence-electron chi connectivity index (χ2n) is 7.82. The summed E-state index contributed by atoms with van der Waals surface area (Å²) < 4.78 is 2.12. The number of amides is 1. The highest BCUT2D eigenvalue weighted by molar-refractivity contribution is 6.31. The molecule has 2 aromatic heterocycles. The minimum absolute atomic E-state index is 0.0543. The average Bonchev–Trinajstić information content (AvgIpc) is 3.21. The van der Waals surface area contributed by atoms with Crippen LogP contribution in [-0.4, -0.2) is 45.0 Å². The number of benzene rings is 1. The molecule has 1 saturated heterocycles. The smallest absolute Gasteiger partial charge is 0.226 e. The number of hydrogen-bond acceptors (Lipinski definition) is 5. The van der Waals surface area contributed by atoms with Gasteiger partial charge in [-0.25, -0.2) is 4.98 Å². The van der Waals surface area contributed by atoms with Gasteiger partial charge >= 0.3 is 0 Å². The monoisotopic (exact) mass is 410 g/mol. The van der Waals surface area contributed by atoms with Crippen LogP contribution in [0.2, 0.25) is 5.02 Å². The lowest BCUT2D eigenvalue weighted by molar-refractivity contribution is -0.137. The maximum Gasteiger partial charge on any atom is 0.226 e. The van der Waals surface area contributed by atoms with E-state index in [0.29, 0.717) is 17.3 Å². The van der Waals surface area contributed by atoms with Gasteiger partial charge in [0, 0.05) is 48.7 Å². The number of imidazole rings is 1. The Bertz CT molecular complexity index is 1070. The molecule has 0 aliphatic carbocycles. The fourth-order valence-corrected chi connectivity index (χ4v) is 4.67. The predicted octanol–water partition coefficient (Wildman–Crippen LogP) is 2.93. The first-order valence-corrected chi connectivity index (χ1v) is 10.3. The van der Waals surface area contributed by atoms with Crippen molar-refractivity contribution < 1.29 is 4.79 Å². The summed E-state index contributed by atoms with van der Waals surface area (Å²) in [7, 11) is 0. The second kappa shape index (κ2) is 7.22. The lowest BCUT2D eigenvalue weighted by atomic mass is 9.94. The van der Waals surface area contributed by atoms with E-state index in [1.54, 1.807) is 6.20 Å². The quantitative estimate of drug-likeness (QED) is 0.702. The van der Waals surface area contributed by atoms with E-state index in [4.69, 9.17) is 17.3 Å². The molecule has 1 amide bonds. The van der Waals surface area contributed by atoms with E-state index in [1.807, 2.05) is 35.6 Å². The maximum absolute atomic E-state index is 13.1. The van der Waals surface area contributed by atoms with Gasteiger partial charge in [0.15, 0.2) is 0 Å². The number of aromatic nitrogens is 3. The number of nitrogens with two attached hydrogens (primary N) is 1. The standard InChI is InChI=1S/C21H23ClN6O/c22-15-1-2-19-17(9-15)20(18(23)11-25-19)26-5-3-14(4-6-26)21(29)27-7-8-28-13-24-10-16(28)12-27/h1-2,9-11,13-14H,3-8,12,23H2. The van der Waals surface area contributed by atoms with Gasteiger partial charge in [0.05, 0.1) is 41.7 Å². The predicted molar refractivity (Wildman–Crippen MR) is 114 cm³/mol. The molecule has 0 unspecified atom stereocenters. The fraction of sp³-hybridized carbons (Fsp3) is 0.381. The molecule has 4 heterocycles. The number of anilines is 2. The Morgan fingerprint density at radius 2 is 1.97 bits per heavy atom. The van der Waals surface area contributed by atoms with Crippen LogP contribution in [0.5, 0.6) is 0 Å². The summed E-state index contributed by atoms with van der Waals surface area (Å²) in [6.07, 6.45) is 7.03. The summed E-state index contributed by atoms with van der Waals surface area (Å²) >= 11 is 6.22. The van der Waals surface area contributed by atoms with Gasteiger partial charge in [-0.3, -0.25) is 9.78 Å². The summed E-state index contributed by atoms with van der Waals surface area (Å²) in [6.45, 7) is 3.80. The number of nitrogens with zero attached hydrogens (tertiary/aromatic N) is 5. The minimum atomic E-state index is 0.0543. The first-order valence-electron chi connectivity index (χ1n) is 9.96. The Labute approximate surface area is 174 Å². The molecule has 0 radical (unpaired) electrons. The summed E-state index contributed by atoms with van der Waals surface area (Å²) in [5.74, 6) is 0.311. The number of rotatable bonds is 2. The van der Waals surface area contributed by atoms with E-state index < -0.39 is 0 Å². The van der Waals surface area contributed by atoms with Crippen molar-refractivity contribution in [1.82, 2.24) is 19.4 Å². The highest BCUT2D eigenvalue weighted by Gasteiger charge is 2.31. The van der Waals surface area contributed by atoms with Gasteiger partial charge in [0.25, 0.3) is 0 Å². The van der Waals surface area contributed by atoms with Crippen LogP contribution in [0.4, 0.5) is 11.4 Å². The molecule has 0 saturated carbocycles. The lowest BCUT2D eigenvalue weighted by Crippen LogP contribution is -2.45. The van der Waals surface area contributed by atoms with Crippen molar-refractivity contribution in [2.24, 2.45) is 5.92 Å². The average molecular weight is 411 g/mol. The highest BCUT2D eigenvalue weighted by Crippen LogP contribution is 2.36. The first-order chi connectivity index (χ1) is 14.1. The van der Waals surface area contributed by atoms with Crippen molar-refractivity contribution in [2.75, 3.05) is 30.3 Å². The molecule has 1 aromatic carbocycles. The molecule has 1 fully saturated rings. The molecule has 0 atom stereocenters. The van der Waals surface area contributed by atoms with Gasteiger partial charge in [0.2, 0.25) is 5.91 Å². The molecule has 8 heteroatoms. The normalized spacial score (nSPS) is 17.6. The van der Waals surface area contributed by atoms with Crippen molar-refractivity contribution >= 4 is 39.8 Å². The van der Waals surface area contributed by atoms with Gasteiger partial charge in [-0.1, -0.05) is 11.6 Å². The molecule has 0 spiro atoms. The van der Waals surface area contributed by atoms with Crippen LogP contribution in [-0.2, 0) is 17.9 Å². The molecule has 2 aliphatic heterocycles. The number of halogens is 1. The lowest BCUT2D eigenvalue weighted by Gasteiger charge is -2.37. The molecule has 0 bridgehead atoms. The van der Waals surface area contributed by atoms with Crippen molar-refractivity contribution in [3.63, 3.8) is 0 Å². The molecule has 29 heavy (non-hydrogen) atoms. The number of fused-ring (bicyclic) bond motifs is 2. The number of carbonyl (C=O) groups is 1. The van der Waals surface area contributed by atoms with E-state index in [2.05, 4.69) is 19.4 Å². The van der Waals surface area contributed by atoms with Crippen LogP contribution < -0.4 is 10.6 Å². The van der Waals surface area contributed by atoms with Crippen LogP contribution in [0, 0.1) is 5.92 Å². The zero-order valence-electron chi connectivity index (χ0n) is 16.1. The van der Waals surface area contributed by atoms with Gasteiger partial charge in [0.1, 0.15) is 0 Å². The number of carbonyl (C=O) groups excluding carboxylic acids is 1. The fourth-order valence-electron chi connectivity index (χ4n) is 4.50. The van der Waals surface area contributed by atoms with Crippen molar-refractivity contribution in [3.8, 4) is 0 Å². The minimum Gasteiger partial charge on any atom is -0.396 e. The first kappa shape index (κ1) is 18.2. The Hall–Kier alpha value is -2.80. The van der Waals surface area contributed by atoms with E-state index in [9.17, 15) is 4.79 Å². The number of pyridine rings is 1.